The first-order valence-electron chi connectivity index (χ1n) is 6.56. The number of nitrogens with zero attached hydrogens (tertiary/aromatic N) is 3. The average molecular weight is 266 g/mol. The molecule has 0 spiro atoms. The number of thioether (sulfide) groups is 1. The van der Waals surface area contributed by atoms with E-state index in [1.54, 1.807) is 0 Å². The zero-order valence-corrected chi connectivity index (χ0v) is 12.3. The summed E-state index contributed by atoms with van der Waals surface area (Å²) in [5.41, 5.74) is 9.22. The van der Waals surface area contributed by atoms with Crippen LogP contribution in [0, 0.1) is 13.8 Å². The van der Waals surface area contributed by atoms with Crippen LogP contribution < -0.4 is 10.6 Å². The number of anilines is 1. The van der Waals surface area contributed by atoms with Crippen LogP contribution in [0.1, 0.15) is 30.2 Å². The molecule has 18 heavy (non-hydrogen) atoms. The Labute approximate surface area is 113 Å². The monoisotopic (exact) mass is 266 g/mol. The van der Waals surface area contributed by atoms with Crippen LogP contribution in [0.5, 0.6) is 0 Å². The summed E-state index contributed by atoms with van der Waals surface area (Å²) in [5, 5.41) is 9.35. The summed E-state index contributed by atoms with van der Waals surface area (Å²) >= 11 is 2.06. The van der Waals surface area contributed by atoms with Gasteiger partial charge in [0.1, 0.15) is 0 Å². The van der Waals surface area contributed by atoms with Crippen molar-refractivity contribution in [1.29, 1.82) is 0 Å². The first kappa shape index (κ1) is 13.6. The Hall–Kier alpha value is -0.810. The highest BCUT2D eigenvalue weighted by molar-refractivity contribution is 8.00. The van der Waals surface area contributed by atoms with Crippen molar-refractivity contribution >= 4 is 17.6 Å². The van der Waals surface area contributed by atoms with Gasteiger partial charge in [-0.1, -0.05) is 6.92 Å². The van der Waals surface area contributed by atoms with E-state index in [-0.39, 0.29) is 0 Å². The summed E-state index contributed by atoms with van der Waals surface area (Å²) in [6.07, 6.45) is 1.21. The Morgan fingerprint density at radius 2 is 2.17 bits per heavy atom. The van der Waals surface area contributed by atoms with Crippen LogP contribution in [-0.2, 0) is 6.54 Å². The molecule has 0 aliphatic carbocycles. The van der Waals surface area contributed by atoms with E-state index in [0.29, 0.717) is 11.8 Å². The highest BCUT2D eigenvalue weighted by Crippen LogP contribution is 2.28. The second-order valence-electron chi connectivity index (χ2n) is 4.76. The Morgan fingerprint density at radius 1 is 1.39 bits per heavy atom. The summed E-state index contributed by atoms with van der Waals surface area (Å²) in [7, 11) is 0. The highest BCUT2D eigenvalue weighted by Gasteiger charge is 2.23. The van der Waals surface area contributed by atoms with Gasteiger partial charge in [-0.3, -0.25) is 0 Å². The van der Waals surface area contributed by atoms with Crippen molar-refractivity contribution in [3.8, 4) is 0 Å². The standard InChI is InChI=1S/C13H22N4S/c1-4-11-8-17(5-6-18-11)13-12(7-14)9(2)10(3)15-16-13/h11H,4-8,14H2,1-3H3. The lowest BCUT2D eigenvalue weighted by molar-refractivity contribution is 0.704. The summed E-state index contributed by atoms with van der Waals surface area (Å²) in [6.45, 7) is 8.98. The number of aryl methyl sites for hydroxylation is 1. The molecular formula is C13H22N4S. The quantitative estimate of drug-likeness (QED) is 0.905. The van der Waals surface area contributed by atoms with E-state index in [9.17, 15) is 0 Å². The third kappa shape index (κ3) is 2.62. The van der Waals surface area contributed by atoms with Crippen LogP contribution in [0.25, 0.3) is 0 Å². The predicted molar refractivity (Wildman–Crippen MR) is 78.1 cm³/mol. The van der Waals surface area contributed by atoms with Gasteiger partial charge in [-0.15, -0.1) is 5.10 Å². The van der Waals surface area contributed by atoms with Crippen LogP contribution in [-0.4, -0.2) is 34.3 Å². The molecule has 2 heterocycles. The zero-order valence-electron chi connectivity index (χ0n) is 11.4. The molecule has 1 aliphatic rings. The van der Waals surface area contributed by atoms with Crippen molar-refractivity contribution < 1.29 is 0 Å². The number of hydrogen-bond donors (Lipinski definition) is 1. The molecule has 0 radical (unpaired) electrons. The van der Waals surface area contributed by atoms with Crippen LogP contribution in [0.3, 0.4) is 0 Å². The molecule has 1 unspecified atom stereocenters. The predicted octanol–water partition coefficient (Wildman–Crippen LogP) is 1.88. The number of hydrogen-bond acceptors (Lipinski definition) is 5. The number of nitrogens with two attached hydrogens (primary N) is 1. The Kier molecular flexibility index (Phi) is 4.45. The van der Waals surface area contributed by atoms with Gasteiger partial charge in [0.05, 0.1) is 5.69 Å². The number of aromatic nitrogens is 2. The van der Waals surface area contributed by atoms with Gasteiger partial charge in [0, 0.05) is 36.2 Å². The van der Waals surface area contributed by atoms with Crippen LogP contribution in [0.15, 0.2) is 0 Å². The molecule has 0 bridgehead atoms. The molecule has 2 N–H and O–H groups in total. The van der Waals surface area contributed by atoms with Crippen molar-refractivity contribution in [1.82, 2.24) is 10.2 Å². The summed E-state index contributed by atoms with van der Waals surface area (Å²) in [4.78, 5) is 2.35. The normalized spacial score (nSPS) is 20.2. The lowest BCUT2D eigenvalue weighted by atomic mass is 10.1. The minimum Gasteiger partial charge on any atom is -0.353 e. The molecule has 1 aromatic rings. The van der Waals surface area contributed by atoms with Crippen molar-refractivity contribution in [2.75, 3.05) is 23.7 Å². The van der Waals surface area contributed by atoms with Crippen molar-refractivity contribution in [3.63, 3.8) is 0 Å². The molecule has 100 valence electrons. The molecule has 4 nitrogen and oxygen atoms in total. The van der Waals surface area contributed by atoms with E-state index in [1.807, 2.05) is 6.92 Å². The molecule has 0 saturated carbocycles. The van der Waals surface area contributed by atoms with Gasteiger partial charge in [-0.05, 0) is 25.8 Å². The molecule has 2 rings (SSSR count). The number of rotatable bonds is 3. The lowest BCUT2D eigenvalue weighted by Crippen LogP contribution is -2.39. The van der Waals surface area contributed by atoms with Crippen LogP contribution in [0.4, 0.5) is 5.82 Å². The molecular weight excluding hydrogens is 244 g/mol. The van der Waals surface area contributed by atoms with E-state index in [0.717, 1.165) is 35.9 Å². The van der Waals surface area contributed by atoms with E-state index in [4.69, 9.17) is 5.73 Å². The van der Waals surface area contributed by atoms with Crippen molar-refractivity contribution in [2.24, 2.45) is 5.73 Å². The van der Waals surface area contributed by atoms with Crippen LogP contribution >= 0.6 is 11.8 Å². The van der Waals surface area contributed by atoms with Crippen molar-refractivity contribution in [3.05, 3.63) is 16.8 Å². The third-order valence-corrected chi connectivity index (χ3v) is 5.03. The van der Waals surface area contributed by atoms with E-state index < -0.39 is 0 Å². The van der Waals surface area contributed by atoms with Gasteiger partial charge in [-0.2, -0.15) is 16.9 Å². The van der Waals surface area contributed by atoms with Crippen LogP contribution in [0.2, 0.25) is 0 Å². The van der Waals surface area contributed by atoms with E-state index in [1.165, 1.54) is 12.0 Å². The topological polar surface area (TPSA) is 55.0 Å². The smallest absolute Gasteiger partial charge is 0.156 e. The maximum absolute atomic E-state index is 5.89. The SMILES string of the molecule is CCC1CN(c2nnc(C)c(C)c2CN)CCS1. The second-order valence-corrected chi connectivity index (χ2v) is 6.17. The molecule has 1 aliphatic heterocycles. The lowest BCUT2D eigenvalue weighted by Gasteiger charge is -2.33. The average Bonchev–Trinajstić information content (AvgIpc) is 2.41. The van der Waals surface area contributed by atoms with Gasteiger partial charge in [0.25, 0.3) is 0 Å². The minimum absolute atomic E-state index is 0.540. The molecule has 1 fully saturated rings. The van der Waals surface area contributed by atoms with Gasteiger partial charge in [0.15, 0.2) is 5.82 Å². The molecule has 1 aromatic heterocycles. The van der Waals surface area contributed by atoms with Crippen molar-refractivity contribution in [2.45, 2.75) is 39.0 Å². The van der Waals surface area contributed by atoms with Gasteiger partial charge in [-0.25, -0.2) is 0 Å². The molecule has 0 amide bonds. The van der Waals surface area contributed by atoms with Gasteiger partial charge >= 0.3 is 0 Å². The maximum atomic E-state index is 5.89. The third-order valence-electron chi connectivity index (χ3n) is 3.66. The van der Waals surface area contributed by atoms with E-state index in [2.05, 4.69) is 40.7 Å². The fraction of sp³-hybridized carbons (Fsp3) is 0.692. The molecule has 1 atom stereocenters. The summed E-state index contributed by atoms with van der Waals surface area (Å²) < 4.78 is 0. The Morgan fingerprint density at radius 3 is 2.83 bits per heavy atom. The molecule has 5 heteroatoms. The zero-order chi connectivity index (χ0) is 13.1. The maximum Gasteiger partial charge on any atom is 0.156 e. The Balaban J connectivity index is 2.30. The minimum atomic E-state index is 0.540. The summed E-state index contributed by atoms with van der Waals surface area (Å²) in [6, 6.07) is 0. The second kappa shape index (κ2) is 5.89. The fourth-order valence-corrected chi connectivity index (χ4v) is 3.48. The molecule has 0 aromatic carbocycles. The Bertz CT molecular complexity index is 422. The van der Waals surface area contributed by atoms with E-state index >= 15 is 0 Å². The van der Waals surface area contributed by atoms with Gasteiger partial charge in [0.2, 0.25) is 0 Å². The summed E-state index contributed by atoms with van der Waals surface area (Å²) in [5.74, 6) is 2.16. The molecule has 1 saturated heterocycles. The first-order valence-corrected chi connectivity index (χ1v) is 7.61. The highest BCUT2D eigenvalue weighted by atomic mass is 32.2. The fourth-order valence-electron chi connectivity index (χ4n) is 2.30. The largest absolute Gasteiger partial charge is 0.353 e. The first-order chi connectivity index (χ1) is 8.67. The van der Waals surface area contributed by atoms with Gasteiger partial charge < -0.3 is 10.6 Å².